The van der Waals surface area contributed by atoms with E-state index >= 15 is 0 Å². The molecule has 4 heteroatoms. The number of anilines is 1. The Balaban J connectivity index is 1.73. The number of benzene rings is 2. The SMILES string of the molecule is CCOc1ccccc1NC(=O)/C=C/c1ccc2ccccc2n1. The molecule has 0 atom stereocenters. The monoisotopic (exact) mass is 318 g/mol. The molecule has 24 heavy (non-hydrogen) atoms. The van der Waals surface area contributed by atoms with Gasteiger partial charge in [-0.1, -0.05) is 36.4 Å². The summed E-state index contributed by atoms with van der Waals surface area (Å²) < 4.78 is 5.50. The van der Waals surface area contributed by atoms with Gasteiger partial charge in [-0.05, 0) is 37.3 Å². The minimum atomic E-state index is -0.225. The number of nitrogens with zero attached hydrogens (tertiary/aromatic N) is 1. The number of hydrogen-bond acceptors (Lipinski definition) is 3. The van der Waals surface area contributed by atoms with Gasteiger partial charge in [0.15, 0.2) is 0 Å². The number of carbonyl (C=O) groups excluding carboxylic acids is 1. The first kappa shape index (κ1) is 15.7. The van der Waals surface area contributed by atoms with Gasteiger partial charge in [0.1, 0.15) is 5.75 Å². The lowest BCUT2D eigenvalue weighted by Crippen LogP contribution is -2.09. The van der Waals surface area contributed by atoms with Gasteiger partial charge in [0.05, 0.1) is 23.5 Å². The maximum atomic E-state index is 12.1. The van der Waals surface area contributed by atoms with Crippen LogP contribution < -0.4 is 10.1 Å². The first-order valence-electron chi connectivity index (χ1n) is 7.83. The van der Waals surface area contributed by atoms with Crippen molar-refractivity contribution >= 4 is 28.6 Å². The van der Waals surface area contributed by atoms with Crippen molar-refractivity contribution in [1.82, 2.24) is 4.98 Å². The van der Waals surface area contributed by atoms with Crippen LogP contribution in [-0.4, -0.2) is 17.5 Å². The summed E-state index contributed by atoms with van der Waals surface area (Å²) in [7, 11) is 0. The van der Waals surface area contributed by atoms with E-state index in [4.69, 9.17) is 4.74 Å². The van der Waals surface area contributed by atoms with Gasteiger partial charge in [-0.15, -0.1) is 0 Å². The Morgan fingerprint density at radius 1 is 1.08 bits per heavy atom. The summed E-state index contributed by atoms with van der Waals surface area (Å²) in [4.78, 5) is 16.6. The Hall–Kier alpha value is -3.14. The third kappa shape index (κ3) is 3.79. The number of hydrogen-bond donors (Lipinski definition) is 1. The molecule has 1 amide bonds. The van der Waals surface area contributed by atoms with E-state index in [1.807, 2.05) is 67.6 Å². The van der Waals surface area contributed by atoms with Crippen LogP contribution in [0.4, 0.5) is 5.69 Å². The van der Waals surface area contributed by atoms with Crippen molar-refractivity contribution < 1.29 is 9.53 Å². The summed E-state index contributed by atoms with van der Waals surface area (Å²) >= 11 is 0. The van der Waals surface area contributed by atoms with Crippen molar-refractivity contribution in [3.05, 3.63) is 72.4 Å². The quantitative estimate of drug-likeness (QED) is 0.714. The second-order valence-electron chi connectivity index (χ2n) is 5.18. The first-order valence-corrected chi connectivity index (χ1v) is 7.83. The van der Waals surface area contributed by atoms with Crippen LogP contribution in [0.3, 0.4) is 0 Å². The van der Waals surface area contributed by atoms with Gasteiger partial charge in [-0.25, -0.2) is 4.98 Å². The van der Waals surface area contributed by atoms with Gasteiger partial charge >= 0.3 is 0 Å². The normalized spacial score (nSPS) is 10.9. The lowest BCUT2D eigenvalue weighted by atomic mass is 10.2. The molecule has 0 spiro atoms. The minimum Gasteiger partial charge on any atom is -0.492 e. The second-order valence-corrected chi connectivity index (χ2v) is 5.18. The number of fused-ring (bicyclic) bond motifs is 1. The van der Waals surface area contributed by atoms with E-state index in [9.17, 15) is 4.79 Å². The Morgan fingerprint density at radius 2 is 1.88 bits per heavy atom. The van der Waals surface area contributed by atoms with Gasteiger partial charge in [0.25, 0.3) is 0 Å². The number of rotatable bonds is 5. The van der Waals surface area contributed by atoms with Crippen LogP contribution in [0.5, 0.6) is 5.75 Å². The number of ether oxygens (including phenoxy) is 1. The predicted molar refractivity (Wildman–Crippen MR) is 97.0 cm³/mol. The van der Waals surface area contributed by atoms with E-state index in [1.54, 1.807) is 6.08 Å². The zero-order chi connectivity index (χ0) is 16.8. The highest BCUT2D eigenvalue weighted by Crippen LogP contribution is 2.23. The summed E-state index contributed by atoms with van der Waals surface area (Å²) in [6.45, 7) is 2.45. The average Bonchev–Trinajstić information content (AvgIpc) is 2.62. The van der Waals surface area contributed by atoms with Crippen molar-refractivity contribution in [3.8, 4) is 5.75 Å². The highest BCUT2D eigenvalue weighted by Gasteiger charge is 2.04. The highest BCUT2D eigenvalue weighted by atomic mass is 16.5. The van der Waals surface area contributed by atoms with Gasteiger partial charge in [-0.3, -0.25) is 4.79 Å². The van der Waals surface area contributed by atoms with Crippen molar-refractivity contribution in [1.29, 1.82) is 0 Å². The van der Waals surface area contributed by atoms with Crippen molar-refractivity contribution in [2.24, 2.45) is 0 Å². The lowest BCUT2D eigenvalue weighted by molar-refractivity contribution is -0.111. The van der Waals surface area contributed by atoms with Crippen LogP contribution in [0.15, 0.2) is 66.7 Å². The topological polar surface area (TPSA) is 51.2 Å². The molecule has 1 heterocycles. The van der Waals surface area contributed by atoms with E-state index < -0.39 is 0 Å². The van der Waals surface area contributed by atoms with Gasteiger partial charge < -0.3 is 10.1 Å². The fourth-order valence-corrected chi connectivity index (χ4v) is 2.36. The number of carbonyl (C=O) groups is 1. The number of amides is 1. The summed E-state index contributed by atoms with van der Waals surface area (Å²) in [6, 6.07) is 19.1. The molecule has 4 nitrogen and oxygen atoms in total. The highest BCUT2D eigenvalue weighted by molar-refractivity contribution is 6.02. The minimum absolute atomic E-state index is 0.225. The van der Waals surface area contributed by atoms with Crippen molar-refractivity contribution in [2.75, 3.05) is 11.9 Å². The summed E-state index contributed by atoms with van der Waals surface area (Å²) in [5.41, 5.74) is 2.30. The molecular formula is C20H18N2O2. The van der Waals surface area contributed by atoms with Gasteiger partial charge in [0, 0.05) is 11.5 Å². The summed E-state index contributed by atoms with van der Waals surface area (Å²) in [5, 5.41) is 3.90. The number of nitrogens with one attached hydrogen (secondary N) is 1. The van der Waals surface area contributed by atoms with E-state index in [0.29, 0.717) is 18.0 Å². The van der Waals surface area contributed by atoms with E-state index in [0.717, 1.165) is 16.6 Å². The fourth-order valence-electron chi connectivity index (χ4n) is 2.36. The molecule has 0 unspecified atom stereocenters. The maximum Gasteiger partial charge on any atom is 0.248 e. The lowest BCUT2D eigenvalue weighted by Gasteiger charge is -2.09. The molecule has 1 N–H and O–H groups in total. The molecule has 0 aliphatic carbocycles. The third-order valence-electron chi connectivity index (χ3n) is 3.47. The molecule has 0 aliphatic rings. The molecular weight excluding hydrogens is 300 g/mol. The Labute approximate surface area is 140 Å². The standard InChI is InChI=1S/C20H18N2O2/c1-2-24-19-10-6-5-9-18(19)22-20(23)14-13-16-12-11-15-7-3-4-8-17(15)21-16/h3-14H,2H2,1H3,(H,22,23)/b14-13+. The van der Waals surface area contributed by atoms with Crippen LogP contribution >= 0.6 is 0 Å². The number of aromatic nitrogens is 1. The van der Waals surface area contributed by atoms with Crippen molar-refractivity contribution in [3.63, 3.8) is 0 Å². The molecule has 0 radical (unpaired) electrons. The van der Waals surface area contributed by atoms with Crippen LogP contribution in [-0.2, 0) is 4.79 Å². The largest absolute Gasteiger partial charge is 0.492 e. The fraction of sp³-hybridized carbons (Fsp3) is 0.100. The molecule has 0 bridgehead atoms. The van der Waals surface area contributed by atoms with E-state index in [2.05, 4.69) is 10.3 Å². The Kier molecular flexibility index (Phi) is 4.87. The summed E-state index contributed by atoms with van der Waals surface area (Å²) in [6.07, 6.45) is 3.17. The smallest absolute Gasteiger partial charge is 0.248 e. The average molecular weight is 318 g/mol. The number of para-hydroxylation sites is 3. The third-order valence-corrected chi connectivity index (χ3v) is 3.47. The Morgan fingerprint density at radius 3 is 2.75 bits per heavy atom. The molecule has 0 fully saturated rings. The van der Waals surface area contributed by atoms with Gasteiger partial charge in [-0.2, -0.15) is 0 Å². The van der Waals surface area contributed by atoms with E-state index in [-0.39, 0.29) is 5.91 Å². The zero-order valence-electron chi connectivity index (χ0n) is 13.4. The molecule has 120 valence electrons. The molecule has 0 saturated carbocycles. The molecule has 1 aromatic heterocycles. The summed E-state index contributed by atoms with van der Waals surface area (Å²) in [5.74, 6) is 0.433. The molecule has 0 aliphatic heterocycles. The van der Waals surface area contributed by atoms with Crippen LogP contribution in [0, 0.1) is 0 Å². The molecule has 3 aromatic rings. The zero-order valence-corrected chi connectivity index (χ0v) is 13.4. The van der Waals surface area contributed by atoms with E-state index in [1.165, 1.54) is 6.08 Å². The van der Waals surface area contributed by atoms with Gasteiger partial charge in [0.2, 0.25) is 5.91 Å². The predicted octanol–water partition coefficient (Wildman–Crippen LogP) is 4.29. The second kappa shape index (κ2) is 7.42. The van der Waals surface area contributed by atoms with Crippen LogP contribution in [0.25, 0.3) is 17.0 Å². The maximum absolute atomic E-state index is 12.1. The molecule has 0 saturated heterocycles. The number of pyridine rings is 1. The molecule has 3 rings (SSSR count). The van der Waals surface area contributed by atoms with Crippen molar-refractivity contribution in [2.45, 2.75) is 6.92 Å². The molecule has 2 aromatic carbocycles. The Bertz CT molecular complexity index is 887. The van der Waals surface area contributed by atoms with Crippen LogP contribution in [0.1, 0.15) is 12.6 Å². The van der Waals surface area contributed by atoms with Crippen LogP contribution in [0.2, 0.25) is 0 Å². The first-order chi connectivity index (χ1) is 11.8.